The van der Waals surface area contributed by atoms with Crippen LogP contribution in [0.3, 0.4) is 0 Å². The van der Waals surface area contributed by atoms with E-state index in [2.05, 4.69) is 27.9 Å². The van der Waals surface area contributed by atoms with Crippen molar-refractivity contribution in [3.05, 3.63) is 62.2 Å². The largest absolute Gasteiger partial charge is 0.326 e. The summed E-state index contributed by atoms with van der Waals surface area (Å²) in [5.74, 6) is -0.180. The maximum Gasteiger partial charge on any atom is 0.256 e. The number of rotatable bonds is 3. The molecule has 98 valence electrons. The van der Waals surface area contributed by atoms with Gasteiger partial charge in [-0.2, -0.15) is 0 Å². The summed E-state index contributed by atoms with van der Waals surface area (Å²) in [7, 11) is 0. The van der Waals surface area contributed by atoms with Crippen LogP contribution >= 0.6 is 34.2 Å². The SMILES string of the molecule is NCc1cccc(NC(=O)c2cc(Cl)ccc2I)c1. The number of nitrogens with one attached hydrogen (secondary N) is 1. The Balaban J connectivity index is 2.23. The first-order chi connectivity index (χ1) is 9.10. The third kappa shape index (κ3) is 3.68. The molecule has 0 unspecified atom stereocenters. The standard InChI is InChI=1S/C14H12ClIN2O/c15-10-4-5-13(16)12(7-10)14(19)18-11-3-1-2-9(6-11)8-17/h1-7H,8,17H2,(H,18,19). The van der Waals surface area contributed by atoms with E-state index in [-0.39, 0.29) is 5.91 Å². The summed E-state index contributed by atoms with van der Waals surface area (Å²) in [6.07, 6.45) is 0. The van der Waals surface area contributed by atoms with Crippen LogP contribution in [-0.2, 0) is 6.54 Å². The number of carbonyl (C=O) groups excluding carboxylic acids is 1. The van der Waals surface area contributed by atoms with E-state index in [1.807, 2.05) is 30.3 Å². The quantitative estimate of drug-likeness (QED) is 0.791. The van der Waals surface area contributed by atoms with Crippen molar-refractivity contribution >= 4 is 45.8 Å². The van der Waals surface area contributed by atoms with Crippen LogP contribution in [0.25, 0.3) is 0 Å². The van der Waals surface area contributed by atoms with E-state index in [9.17, 15) is 4.79 Å². The molecular formula is C14H12ClIN2O. The molecular weight excluding hydrogens is 375 g/mol. The highest BCUT2D eigenvalue weighted by atomic mass is 127. The fourth-order valence-corrected chi connectivity index (χ4v) is 2.40. The monoisotopic (exact) mass is 386 g/mol. The van der Waals surface area contributed by atoms with Crippen molar-refractivity contribution in [1.82, 2.24) is 0 Å². The van der Waals surface area contributed by atoms with Gasteiger partial charge in [0.15, 0.2) is 0 Å². The van der Waals surface area contributed by atoms with Gasteiger partial charge in [0.1, 0.15) is 0 Å². The lowest BCUT2D eigenvalue weighted by Gasteiger charge is -2.08. The topological polar surface area (TPSA) is 55.1 Å². The number of hydrogen-bond acceptors (Lipinski definition) is 2. The van der Waals surface area contributed by atoms with E-state index in [4.69, 9.17) is 17.3 Å². The Bertz CT molecular complexity index is 616. The molecule has 0 spiro atoms. The summed E-state index contributed by atoms with van der Waals surface area (Å²) in [5.41, 5.74) is 7.83. The summed E-state index contributed by atoms with van der Waals surface area (Å²) in [6, 6.07) is 12.7. The number of anilines is 1. The van der Waals surface area contributed by atoms with Crippen molar-refractivity contribution in [3.8, 4) is 0 Å². The minimum Gasteiger partial charge on any atom is -0.326 e. The molecule has 1 amide bonds. The lowest BCUT2D eigenvalue weighted by molar-refractivity contribution is 0.102. The van der Waals surface area contributed by atoms with Gasteiger partial charge < -0.3 is 11.1 Å². The fraction of sp³-hybridized carbons (Fsp3) is 0.0714. The Morgan fingerprint density at radius 2 is 2.05 bits per heavy atom. The Labute approximate surface area is 130 Å². The summed E-state index contributed by atoms with van der Waals surface area (Å²) < 4.78 is 0.856. The Morgan fingerprint density at radius 1 is 1.26 bits per heavy atom. The van der Waals surface area contributed by atoms with Crippen molar-refractivity contribution in [2.45, 2.75) is 6.54 Å². The van der Waals surface area contributed by atoms with Crippen LogP contribution < -0.4 is 11.1 Å². The van der Waals surface area contributed by atoms with Gasteiger partial charge in [-0.1, -0.05) is 23.7 Å². The first-order valence-electron chi connectivity index (χ1n) is 5.65. The molecule has 2 aromatic rings. The lowest BCUT2D eigenvalue weighted by Crippen LogP contribution is -2.13. The fourth-order valence-electron chi connectivity index (χ4n) is 1.65. The lowest BCUT2D eigenvalue weighted by atomic mass is 10.1. The molecule has 5 heteroatoms. The Hall–Kier alpha value is -1.11. The van der Waals surface area contributed by atoms with E-state index in [1.165, 1.54) is 0 Å². The number of amides is 1. The zero-order valence-corrected chi connectivity index (χ0v) is 12.9. The van der Waals surface area contributed by atoms with Gasteiger partial charge in [0.2, 0.25) is 0 Å². The molecule has 3 N–H and O–H groups in total. The van der Waals surface area contributed by atoms with Gasteiger partial charge in [0, 0.05) is 20.8 Å². The average molecular weight is 387 g/mol. The maximum absolute atomic E-state index is 12.2. The number of hydrogen-bond donors (Lipinski definition) is 2. The van der Waals surface area contributed by atoms with Gasteiger partial charge in [0.25, 0.3) is 5.91 Å². The normalized spacial score (nSPS) is 10.3. The molecule has 0 aliphatic carbocycles. The van der Waals surface area contributed by atoms with Crippen molar-refractivity contribution in [1.29, 1.82) is 0 Å². The first-order valence-corrected chi connectivity index (χ1v) is 7.11. The van der Waals surface area contributed by atoms with E-state index >= 15 is 0 Å². The van der Waals surface area contributed by atoms with Crippen molar-refractivity contribution in [2.75, 3.05) is 5.32 Å². The van der Waals surface area contributed by atoms with Gasteiger partial charge in [0.05, 0.1) is 5.56 Å². The molecule has 0 aliphatic rings. The van der Waals surface area contributed by atoms with Crippen LogP contribution in [0, 0.1) is 3.57 Å². The molecule has 2 rings (SSSR count). The van der Waals surface area contributed by atoms with Crippen LogP contribution in [0.2, 0.25) is 5.02 Å². The molecule has 0 aliphatic heterocycles. The minimum atomic E-state index is -0.180. The smallest absolute Gasteiger partial charge is 0.256 e. The molecule has 2 aromatic carbocycles. The first kappa shape index (κ1) is 14.3. The zero-order chi connectivity index (χ0) is 13.8. The average Bonchev–Trinajstić information content (AvgIpc) is 2.41. The van der Waals surface area contributed by atoms with E-state index < -0.39 is 0 Å². The highest BCUT2D eigenvalue weighted by molar-refractivity contribution is 14.1. The number of carbonyl (C=O) groups is 1. The summed E-state index contributed by atoms with van der Waals surface area (Å²) in [4.78, 5) is 12.2. The maximum atomic E-state index is 12.2. The summed E-state index contributed by atoms with van der Waals surface area (Å²) in [6.45, 7) is 0.443. The Kier molecular flexibility index (Phi) is 4.79. The molecule has 19 heavy (non-hydrogen) atoms. The Morgan fingerprint density at radius 3 is 2.79 bits per heavy atom. The van der Waals surface area contributed by atoms with Gasteiger partial charge >= 0.3 is 0 Å². The molecule has 0 fully saturated rings. The van der Waals surface area contributed by atoms with Crippen LogP contribution in [-0.4, -0.2) is 5.91 Å². The van der Waals surface area contributed by atoms with Crippen LogP contribution in [0.4, 0.5) is 5.69 Å². The van der Waals surface area contributed by atoms with Crippen molar-refractivity contribution in [3.63, 3.8) is 0 Å². The van der Waals surface area contributed by atoms with Gasteiger partial charge in [-0.05, 0) is 58.5 Å². The second-order valence-corrected chi connectivity index (χ2v) is 5.58. The second kappa shape index (κ2) is 6.36. The molecule has 0 saturated carbocycles. The third-order valence-corrected chi connectivity index (χ3v) is 3.77. The van der Waals surface area contributed by atoms with E-state index in [0.717, 1.165) is 14.8 Å². The molecule has 0 aromatic heterocycles. The van der Waals surface area contributed by atoms with Crippen LogP contribution in [0.5, 0.6) is 0 Å². The molecule has 0 radical (unpaired) electrons. The van der Waals surface area contributed by atoms with E-state index in [0.29, 0.717) is 17.1 Å². The minimum absolute atomic E-state index is 0.180. The van der Waals surface area contributed by atoms with Gasteiger partial charge in [-0.3, -0.25) is 4.79 Å². The molecule has 0 bridgehead atoms. The highest BCUT2D eigenvalue weighted by Crippen LogP contribution is 2.19. The summed E-state index contributed by atoms with van der Waals surface area (Å²) >= 11 is 8.02. The van der Waals surface area contributed by atoms with Crippen molar-refractivity contribution in [2.24, 2.45) is 5.73 Å². The predicted octanol–water partition coefficient (Wildman–Crippen LogP) is 3.66. The van der Waals surface area contributed by atoms with Gasteiger partial charge in [-0.15, -0.1) is 0 Å². The second-order valence-electron chi connectivity index (χ2n) is 3.98. The van der Waals surface area contributed by atoms with Crippen molar-refractivity contribution < 1.29 is 4.79 Å². The molecule has 3 nitrogen and oxygen atoms in total. The molecule has 0 saturated heterocycles. The third-order valence-electron chi connectivity index (χ3n) is 2.59. The summed E-state index contributed by atoms with van der Waals surface area (Å²) in [5, 5.41) is 3.39. The predicted molar refractivity (Wildman–Crippen MR) is 86.5 cm³/mol. The molecule has 0 heterocycles. The zero-order valence-electron chi connectivity index (χ0n) is 9.99. The van der Waals surface area contributed by atoms with E-state index in [1.54, 1.807) is 12.1 Å². The highest BCUT2D eigenvalue weighted by Gasteiger charge is 2.11. The number of benzene rings is 2. The number of halogens is 2. The van der Waals surface area contributed by atoms with Crippen LogP contribution in [0.1, 0.15) is 15.9 Å². The number of nitrogens with two attached hydrogens (primary N) is 1. The van der Waals surface area contributed by atoms with Gasteiger partial charge in [-0.25, -0.2) is 0 Å². The van der Waals surface area contributed by atoms with Crippen LogP contribution in [0.15, 0.2) is 42.5 Å². The molecule has 0 atom stereocenters.